The number of rotatable bonds is 6. The normalized spacial score (nSPS) is 12.5. The molecule has 0 aliphatic heterocycles. The first-order valence-electron chi connectivity index (χ1n) is 6.18. The van der Waals surface area contributed by atoms with Crippen LogP contribution in [0.3, 0.4) is 0 Å². The number of nitrogens with one attached hydrogen (secondary N) is 2. The molecule has 6 nitrogen and oxygen atoms in total. The summed E-state index contributed by atoms with van der Waals surface area (Å²) in [4.78, 5) is 23.1. The van der Waals surface area contributed by atoms with E-state index in [0.29, 0.717) is 5.69 Å². The highest BCUT2D eigenvalue weighted by Crippen LogP contribution is 2.09. The summed E-state index contributed by atoms with van der Waals surface area (Å²) in [6.45, 7) is 1.23. The molecule has 1 atom stereocenters. The van der Waals surface area contributed by atoms with Crippen molar-refractivity contribution < 1.29 is 22.4 Å². The van der Waals surface area contributed by atoms with Gasteiger partial charge in [0, 0.05) is 18.9 Å². The SMILES string of the molecule is CC(=O)N[C@H](CCS(C)(=O)=O)C(=O)Nc1ccc(F)cc1. The number of benzene rings is 1. The van der Waals surface area contributed by atoms with E-state index in [1.165, 1.54) is 31.2 Å². The highest BCUT2D eigenvalue weighted by atomic mass is 32.2. The van der Waals surface area contributed by atoms with E-state index in [0.717, 1.165) is 6.26 Å². The zero-order chi connectivity index (χ0) is 16.0. The molecular formula is C13H17FN2O4S. The lowest BCUT2D eigenvalue weighted by molar-refractivity contribution is -0.125. The number of amides is 2. The van der Waals surface area contributed by atoms with Gasteiger partial charge in [0.25, 0.3) is 0 Å². The molecule has 0 aliphatic carbocycles. The minimum absolute atomic E-state index is 0.0363. The number of halogens is 1. The van der Waals surface area contributed by atoms with Gasteiger partial charge in [0.1, 0.15) is 21.7 Å². The first kappa shape index (κ1) is 17.1. The number of anilines is 1. The lowest BCUT2D eigenvalue weighted by Gasteiger charge is -2.17. The highest BCUT2D eigenvalue weighted by molar-refractivity contribution is 7.90. The number of sulfone groups is 1. The average molecular weight is 316 g/mol. The van der Waals surface area contributed by atoms with Gasteiger partial charge in [0.2, 0.25) is 11.8 Å². The Morgan fingerprint density at radius 2 is 1.81 bits per heavy atom. The van der Waals surface area contributed by atoms with Crippen molar-refractivity contribution in [2.75, 3.05) is 17.3 Å². The van der Waals surface area contributed by atoms with Gasteiger partial charge in [0.15, 0.2) is 0 Å². The second-order valence-electron chi connectivity index (χ2n) is 4.67. The van der Waals surface area contributed by atoms with Gasteiger partial charge < -0.3 is 10.6 Å². The van der Waals surface area contributed by atoms with Crippen LogP contribution in [0, 0.1) is 5.82 Å². The van der Waals surface area contributed by atoms with Crippen molar-refractivity contribution in [1.29, 1.82) is 0 Å². The maximum Gasteiger partial charge on any atom is 0.246 e. The molecule has 2 amide bonds. The van der Waals surface area contributed by atoms with Crippen LogP contribution < -0.4 is 10.6 Å². The van der Waals surface area contributed by atoms with Crippen molar-refractivity contribution in [1.82, 2.24) is 5.32 Å². The molecule has 1 aromatic carbocycles. The first-order valence-corrected chi connectivity index (χ1v) is 8.24. The fraction of sp³-hybridized carbons (Fsp3) is 0.385. The predicted molar refractivity (Wildman–Crippen MR) is 77.0 cm³/mol. The number of hydrogen-bond donors (Lipinski definition) is 2. The number of hydrogen-bond acceptors (Lipinski definition) is 4. The third-order valence-electron chi connectivity index (χ3n) is 2.58. The second kappa shape index (κ2) is 7.16. The molecule has 1 rings (SSSR count). The Hall–Kier alpha value is -1.96. The van der Waals surface area contributed by atoms with Crippen molar-refractivity contribution in [3.63, 3.8) is 0 Å². The molecule has 0 radical (unpaired) electrons. The second-order valence-corrected chi connectivity index (χ2v) is 6.93. The average Bonchev–Trinajstić information content (AvgIpc) is 2.35. The van der Waals surface area contributed by atoms with Crippen molar-refractivity contribution >= 4 is 27.3 Å². The summed E-state index contributed by atoms with van der Waals surface area (Å²) in [5, 5.41) is 4.89. The van der Waals surface area contributed by atoms with Gasteiger partial charge in [-0.15, -0.1) is 0 Å². The van der Waals surface area contributed by atoms with Crippen LogP contribution in [0.2, 0.25) is 0 Å². The first-order chi connectivity index (χ1) is 9.67. The molecule has 1 aromatic rings. The van der Waals surface area contributed by atoms with E-state index < -0.39 is 33.5 Å². The molecule has 0 bridgehead atoms. The Morgan fingerprint density at radius 3 is 2.29 bits per heavy atom. The summed E-state index contributed by atoms with van der Waals surface area (Å²) in [5.41, 5.74) is 0.358. The molecule has 0 saturated carbocycles. The van der Waals surface area contributed by atoms with Gasteiger partial charge in [-0.05, 0) is 30.7 Å². The lowest BCUT2D eigenvalue weighted by Crippen LogP contribution is -2.43. The summed E-state index contributed by atoms with van der Waals surface area (Å²) in [6, 6.07) is 4.13. The van der Waals surface area contributed by atoms with Gasteiger partial charge in [-0.1, -0.05) is 0 Å². The minimum Gasteiger partial charge on any atom is -0.345 e. The molecule has 0 fully saturated rings. The van der Waals surface area contributed by atoms with Crippen LogP contribution in [0.25, 0.3) is 0 Å². The largest absolute Gasteiger partial charge is 0.345 e. The summed E-state index contributed by atoms with van der Waals surface area (Å²) >= 11 is 0. The van der Waals surface area contributed by atoms with E-state index in [-0.39, 0.29) is 12.2 Å². The van der Waals surface area contributed by atoms with Gasteiger partial charge in [-0.2, -0.15) is 0 Å². The van der Waals surface area contributed by atoms with Crippen LogP contribution in [-0.2, 0) is 19.4 Å². The van der Waals surface area contributed by atoms with Crippen LogP contribution in [0.5, 0.6) is 0 Å². The fourth-order valence-corrected chi connectivity index (χ4v) is 2.27. The highest BCUT2D eigenvalue weighted by Gasteiger charge is 2.21. The lowest BCUT2D eigenvalue weighted by atomic mass is 10.2. The Morgan fingerprint density at radius 1 is 1.24 bits per heavy atom. The number of carbonyl (C=O) groups excluding carboxylic acids is 2. The molecule has 0 aromatic heterocycles. The van der Waals surface area contributed by atoms with E-state index in [1.807, 2.05) is 0 Å². The summed E-state index contributed by atoms with van der Waals surface area (Å²) < 4.78 is 35.1. The standard InChI is InChI=1S/C13H17FN2O4S/c1-9(17)15-12(7-8-21(2,19)20)13(18)16-11-5-3-10(14)4-6-11/h3-6,12H,7-8H2,1-2H3,(H,15,17)(H,16,18)/t12-/m1/s1. The molecular weight excluding hydrogens is 299 g/mol. The van der Waals surface area contributed by atoms with Gasteiger partial charge in [-0.25, -0.2) is 12.8 Å². The molecule has 116 valence electrons. The third-order valence-corrected chi connectivity index (χ3v) is 3.56. The molecule has 0 heterocycles. The topological polar surface area (TPSA) is 92.3 Å². The predicted octanol–water partition coefficient (Wildman–Crippen LogP) is 0.704. The van der Waals surface area contributed by atoms with Gasteiger partial charge >= 0.3 is 0 Å². The maximum absolute atomic E-state index is 12.8. The summed E-state index contributed by atoms with van der Waals surface area (Å²) in [7, 11) is -3.25. The van der Waals surface area contributed by atoms with Crippen molar-refractivity contribution in [3.8, 4) is 0 Å². The molecule has 0 unspecified atom stereocenters. The Kier molecular flexibility index (Phi) is 5.83. The monoisotopic (exact) mass is 316 g/mol. The molecule has 0 aliphatic rings. The number of carbonyl (C=O) groups is 2. The summed E-state index contributed by atoms with van der Waals surface area (Å²) in [5.74, 6) is -1.67. The van der Waals surface area contributed by atoms with E-state index in [1.54, 1.807) is 0 Å². The van der Waals surface area contributed by atoms with Crippen LogP contribution in [0.4, 0.5) is 10.1 Å². The zero-order valence-electron chi connectivity index (χ0n) is 11.7. The Labute approximate surface area is 122 Å². The Bertz CT molecular complexity index is 614. The molecule has 8 heteroatoms. The van der Waals surface area contributed by atoms with E-state index in [4.69, 9.17) is 0 Å². The molecule has 0 spiro atoms. The van der Waals surface area contributed by atoms with Crippen molar-refractivity contribution in [2.45, 2.75) is 19.4 Å². The van der Waals surface area contributed by atoms with Crippen LogP contribution in [0.1, 0.15) is 13.3 Å². The van der Waals surface area contributed by atoms with E-state index in [2.05, 4.69) is 10.6 Å². The molecule has 0 saturated heterocycles. The van der Waals surface area contributed by atoms with Crippen LogP contribution in [0.15, 0.2) is 24.3 Å². The van der Waals surface area contributed by atoms with Crippen LogP contribution >= 0.6 is 0 Å². The summed E-state index contributed by atoms with van der Waals surface area (Å²) in [6.07, 6.45) is 1.02. The van der Waals surface area contributed by atoms with E-state index in [9.17, 15) is 22.4 Å². The van der Waals surface area contributed by atoms with Crippen molar-refractivity contribution in [2.24, 2.45) is 0 Å². The van der Waals surface area contributed by atoms with Gasteiger partial charge in [-0.3, -0.25) is 9.59 Å². The Balaban J connectivity index is 2.74. The van der Waals surface area contributed by atoms with Crippen molar-refractivity contribution in [3.05, 3.63) is 30.1 Å². The fourth-order valence-electron chi connectivity index (χ4n) is 1.61. The molecule has 2 N–H and O–H groups in total. The minimum atomic E-state index is -3.25. The van der Waals surface area contributed by atoms with Crippen LogP contribution in [-0.4, -0.2) is 38.3 Å². The third kappa shape index (κ3) is 6.84. The molecule has 21 heavy (non-hydrogen) atoms. The quantitative estimate of drug-likeness (QED) is 0.808. The maximum atomic E-state index is 12.8. The van der Waals surface area contributed by atoms with E-state index >= 15 is 0 Å². The smallest absolute Gasteiger partial charge is 0.246 e. The van der Waals surface area contributed by atoms with Gasteiger partial charge in [0.05, 0.1) is 5.75 Å². The zero-order valence-corrected chi connectivity index (χ0v) is 12.5.